The zero-order valence-corrected chi connectivity index (χ0v) is 18.0. The topological polar surface area (TPSA) is 50.4 Å². The lowest BCUT2D eigenvalue weighted by Crippen LogP contribution is -2.20. The minimum atomic E-state index is -0.492. The van der Waals surface area contributed by atoms with Crippen LogP contribution in [0.25, 0.3) is 0 Å². The number of carbonyl (C=O) groups is 1. The minimum absolute atomic E-state index is 0.123. The van der Waals surface area contributed by atoms with E-state index in [1.54, 1.807) is 18.2 Å². The quantitative estimate of drug-likeness (QED) is 0.427. The molecule has 150 valence electrons. The molecule has 0 spiro atoms. The van der Waals surface area contributed by atoms with Crippen LogP contribution in [0.5, 0.6) is 5.75 Å². The maximum Gasteiger partial charge on any atom is 0.262 e. The van der Waals surface area contributed by atoms with Crippen LogP contribution in [0.2, 0.25) is 5.02 Å². The van der Waals surface area contributed by atoms with E-state index in [1.165, 1.54) is 12.1 Å². The summed E-state index contributed by atoms with van der Waals surface area (Å²) in [5.74, 6) is -0.408. The lowest BCUT2D eigenvalue weighted by atomic mass is 10.1. The largest absolute Gasteiger partial charge is 0.483 e. The van der Waals surface area contributed by atoms with Crippen LogP contribution < -0.4 is 15.4 Å². The second-order valence-electron chi connectivity index (χ2n) is 6.35. The van der Waals surface area contributed by atoms with Gasteiger partial charge in [-0.15, -0.1) is 0 Å². The number of para-hydroxylation sites is 1. The van der Waals surface area contributed by atoms with Gasteiger partial charge in [0.05, 0.1) is 10.2 Å². The summed E-state index contributed by atoms with van der Waals surface area (Å²) in [5.41, 5.74) is 3.12. The molecule has 0 unspecified atom stereocenters. The summed E-state index contributed by atoms with van der Waals surface area (Å²) in [6, 6.07) is 17.3. The number of anilines is 2. The van der Waals surface area contributed by atoms with Crippen LogP contribution in [0, 0.1) is 12.7 Å². The van der Waals surface area contributed by atoms with Crippen LogP contribution >= 0.6 is 27.5 Å². The first-order valence-electron chi connectivity index (χ1n) is 8.88. The standard InChI is InChI=1S/C22H19BrClFN2O2/c1-14-17(24)5-4-8-19(14)26-12-15-9-10-21(16(23)11-15)29-13-22(28)27-20-7-3-2-6-18(20)25/h2-11,26H,12-13H2,1H3,(H,27,28). The van der Waals surface area contributed by atoms with Crippen molar-refractivity contribution in [3.8, 4) is 5.75 Å². The number of halogens is 3. The predicted molar refractivity (Wildman–Crippen MR) is 118 cm³/mol. The zero-order valence-electron chi connectivity index (χ0n) is 15.6. The van der Waals surface area contributed by atoms with Crippen molar-refractivity contribution in [2.24, 2.45) is 0 Å². The van der Waals surface area contributed by atoms with Crippen molar-refractivity contribution in [1.82, 2.24) is 0 Å². The zero-order chi connectivity index (χ0) is 20.8. The van der Waals surface area contributed by atoms with E-state index in [4.69, 9.17) is 16.3 Å². The smallest absolute Gasteiger partial charge is 0.262 e. The summed E-state index contributed by atoms with van der Waals surface area (Å²) in [4.78, 5) is 12.0. The number of nitrogens with one attached hydrogen (secondary N) is 2. The van der Waals surface area contributed by atoms with Gasteiger partial charge in [0.15, 0.2) is 6.61 Å². The minimum Gasteiger partial charge on any atom is -0.483 e. The summed E-state index contributed by atoms with van der Waals surface area (Å²) in [6.45, 7) is 2.34. The van der Waals surface area contributed by atoms with Gasteiger partial charge in [-0.25, -0.2) is 4.39 Å². The molecule has 7 heteroatoms. The predicted octanol–water partition coefficient (Wildman–Crippen LogP) is 6.18. The van der Waals surface area contributed by atoms with E-state index >= 15 is 0 Å². The molecular formula is C22H19BrClFN2O2. The van der Waals surface area contributed by atoms with E-state index in [9.17, 15) is 9.18 Å². The van der Waals surface area contributed by atoms with Crippen molar-refractivity contribution in [1.29, 1.82) is 0 Å². The number of benzene rings is 3. The molecule has 0 aliphatic carbocycles. The molecule has 0 radical (unpaired) electrons. The van der Waals surface area contributed by atoms with Gasteiger partial charge in [-0.3, -0.25) is 4.79 Å². The Balaban J connectivity index is 1.56. The van der Waals surface area contributed by atoms with E-state index in [1.807, 2.05) is 37.3 Å². The first-order valence-corrected chi connectivity index (χ1v) is 10.1. The second-order valence-corrected chi connectivity index (χ2v) is 7.61. The van der Waals surface area contributed by atoms with Crippen LogP contribution in [0.4, 0.5) is 15.8 Å². The first-order chi connectivity index (χ1) is 13.9. The average molecular weight is 478 g/mol. The van der Waals surface area contributed by atoms with Gasteiger partial charge in [0, 0.05) is 17.3 Å². The lowest BCUT2D eigenvalue weighted by molar-refractivity contribution is -0.118. The van der Waals surface area contributed by atoms with Crippen LogP contribution in [0.3, 0.4) is 0 Å². The van der Waals surface area contributed by atoms with Crippen molar-refractivity contribution in [2.75, 3.05) is 17.2 Å². The molecule has 0 aliphatic rings. The number of amides is 1. The molecule has 1 amide bonds. The summed E-state index contributed by atoms with van der Waals surface area (Å²) in [7, 11) is 0. The fraction of sp³-hybridized carbons (Fsp3) is 0.136. The molecule has 0 saturated heterocycles. The molecule has 0 bridgehead atoms. The molecule has 0 saturated carbocycles. The molecule has 0 heterocycles. The van der Waals surface area contributed by atoms with Gasteiger partial charge in [-0.1, -0.05) is 35.9 Å². The SMILES string of the molecule is Cc1c(Cl)cccc1NCc1ccc(OCC(=O)Nc2ccccc2F)c(Br)c1. The van der Waals surface area contributed by atoms with E-state index < -0.39 is 11.7 Å². The van der Waals surface area contributed by atoms with Gasteiger partial charge in [-0.05, 0) is 70.4 Å². The molecule has 0 atom stereocenters. The van der Waals surface area contributed by atoms with Crippen molar-refractivity contribution >= 4 is 44.8 Å². The van der Waals surface area contributed by atoms with Crippen molar-refractivity contribution in [3.05, 3.63) is 87.1 Å². The maximum absolute atomic E-state index is 13.6. The van der Waals surface area contributed by atoms with Gasteiger partial charge < -0.3 is 15.4 Å². The normalized spacial score (nSPS) is 10.5. The number of hydrogen-bond donors (Lipinski definition) is 2. The summed E-state index contributed by atoms with van der Waals surface area (Å²) in [5, 5.41) is 6.55. The summed E-state index contributed by atoms with van der Waals surface area (Å²) in [6.07, 6.45) is 0. The van der Waals surface area contributed by atoms with E-state index in [-0.39, 0.29) is 12.3 Å². The fourth-order valence-electron chi connectivity index (χ4n) is 2.66. The van der Waals surface area contributed by atoms with Gasteiger partial charge in [0.2, 0.25) is 0 Å². The third-order valence-electron chi connectivity index (χ3n) is 4.25. The Labute approximate surface area is 182 Å². The molecule has 2 N–H and O–H groups in total. The van der Waals surface area contributed by atoms with E-state index in [0.717, 1.165) is 21.3 Å². The Morgan fingerprint density at radius 3 is 2.62 bits per heavy atom. The lowest BCUT2D eigenvalue weighted by Gasteiger charge is -2.13. The van der Waals surface area contributed by atoms with Crippen molar-refractivity contribution < 1.29 is 13.9 Å². The summed E-state index contributed by atoms with van der Waals surface area (Å²) < 4.78 is 19.9. The molecule has 0 fully saturated rings. The van der Waals surface area contributed by atoms with Gasteiger partial charge in [0.25, 0.3) is 5.91 Å². The Hall–Kier alpha value is -2.57. The van der Waals surface area contributed by atoms with E-state index in [2.05, 4.69) is 26.6 Å². The van der Waals surface area contributed by atoms with Gasteiger partial charge >= 0.3 is 0 Å². The highest BCUT2D eigenvalue weighted by atomic mass is 79.9. The molecule has 29 heavy (non-hydrogen) atoms. The Bertz CT molecular complexity index is 1030. The third-order valence-corrected chi connectivity index (χ3v) is 5.28. The second kappa shape index (κ2) is 9.76. The van der Waals surface area contributed by atoms with Crippen LogP contribution in [-0.4, -0.2) is 12.5 Å². The van der Waals surface area contributed by atoms with Crippen LogP contribution in [0.1, 0.15) is 11.1 Å². The molecule has 3 aromatic carbocycles. The number of ether oxygens (including phenoxy) is 1. The molecule has 0 aliphatic heterocycles. The van der Waals surface area contributed by atoms with E-state index in [0.29, 0.717) is 17.3 Å². The molecule has 3 aromatic rings. The van der Waals surface area contributed by atoms with Crippen molar-refractivity contribution in [3.63, 3.8) is 0 Å². The van der Waals surface area contributed by atoms with Crippen LogP contribution in [0.15, 0.2) is 65.1 Å². The Morgan fingerprint density at radius 2 is 1.86 bits per heavy atom. The highest BCUT2D eigenvalue weighted by Gasteiger charge is 2.09. The monoisotopic (exact) mass is 476 g/mol. The molecule has 3 rings (SSSR count). The highest BCUT2D eigenvalue weighted by molar-refractivity contribution is 9.10. The summed E-state index contributed by atoms with van der Waals surface area (Å²) >= 11 is 9.61. The number of carbonyl (C=O) groups excluding carboxylic acids is 1. The van der Waals surface area contributed by atoms with Gasteiger partial charge in [-0.2, -0.15) is 0 Å². The van der Waals surface area contributed by atoms with Crippen LogP contribution in [-0.2, 0) is 11.3 Å². The highest BCUT2D eigenvalue weighted by Crippen LogP contribution is 2.28. The Kier molecular flexibility index (Phi) is 7.12. The first kappa shape index (κ1) is 21.1. The number of rotatable bonds is 7. The third kappa shape index (κ3) is 5.71. The molecule has 0 aromatic heterocycles. The maximum atomic E-state index is 13.6. The van der Waals surface area contributed by atoms with Gasteiger partial charge in [0.1, 0.15) is 11.6 Å². The molecular weight excluding hydrogens is 459 g/mol. The Morgan fingerprint density at radius 1 is 1.10 bits per heavy atom. The van der Waals surface area contributed by atoms with Crippen molar-refractivity contribution in [2.45, 2.75) is 13.5 Å². The molecule has 4 nitrogen and oxygen atoms in total. The fourth-order valence-corrected chi connectivity index (χ4v) is 3.37. The number of hydrogen-bond acceptors (Lipinski definition) is 3. The average Bonchev–Trinajstić information content (AvgIpc) is 2.70.